The fourth-order valence-corrected chi connectivity index (χ4v) is 2.84. The first-order valence-electron chi connectivity index (χ1n) is 6.34. The highest BCUT2D eigenvalue weighted by atomic mass is 32.1. The van der Waals surface area contributed by atoms with E-state index >= 15 is 0 Å². The predicted octanol–water partition coefficient (Wildman–Crippen LogP) is 4.39. The summed E-state index contributed by atoms with van der Waals surface area (Å²) in [6.07, 6.45) is -0.0336. The topological polar surface area (TPSA) is 22.1 Å². The van der Waals surface area contributed by atoms with E-state index in [2.05, 4.69) is 31.4 Å². The molecule has 0 bridgehead atoms. The highest BCUT2D eigenvalue weighted by molar-refractivity contribution is 7.09. The Kier molecular flexibility index (Phi) is 4.50. The van der Waals surface area contributed by atoms with Crippen molar-refractivity contribution in [3.63, 3.8) is 0 Å². The second kappa shape index (κ2) is 6.12. The zero-order chi connectivity index (χ0) is 13.0. The first-order chi connectivity index (χ1) is 8.72. The third-order valence-electron chi connectivity index (χ3n) is 2.79. The van der Waals surface area contributed by atoms with Crippen LogP contribution in [-0.2, 0) is 4.74 Å². The molecule has 96 valence electrons. The monoisotopic (exact) mass is 261 g/mol. The molecule has 1 atom stereocenters. The van der Waals surface area contributed by atoms with Crippen LogP contribution in [0, 0.1) is 0 Å². The van der Waals surface area contributed by atoms with E-state index in [9.17, 15) is 0 Å². The van der Waals surface area contributed by atoms with E-state index in [1.54, 1.807) is 11.3 Å². The minimum atomic E-state index is -0.0336. The molecule has 1 aromatic carbocycles. The van der Waals surface area contributed by atoms with Gasteiger partial charge >= 0.3 is 0 Å². The SMILES string of the molecule is CCOC(c1ccccc1)c1nc(C(C)C)cs1. The van der Waals surface area contributed by atoms with E-state index in [-0.39, 0.29) is 6.10 Å². The van der Waals surface area contributed by atoms with Crippen LogP contribution < -0.4 is 0 Å². The molecule has 0 spiro atoms. The van der Waals surface area contributed by atoms with Crippen molar-refractivity contribution in [2.45, 2.75) is 32.8 Å². The van der Waals surface area contributed by atoms with Crippen molar-refractivity contribution in [3.05, 3.63) is 52.0 Å². The standard InChI is InChI=1S/C15H19NOS/c1-4-17-14(12-8-6-5-7-9-12)15-16-13(10-18-15)11(2)3/h5-11,14H,4H2,1-3H3. The van der Waals surface area contributed by atoms with Gasteiger partial charge in [-0.3, -0.25) is 0 Å². The van der Waals surface area contributed by atoms with Crippen molar-refractivity contribution >= 4 is 11.3 Å². The average Bonchev–Trinajstić information content (AvgIpc) is 2.86. The normalized spacial score (nSPS) is 12.9. The van der Waals surface area contributed by atoms with Gasteiger partial charge in [0.1, 0.15) is 11.1 Å². The van der Waals surface area contributed by atoms with Gasteiger partial charge in [-0.2, -0.15) is 0 Å². The maximum atomic E-state index is 5.86. The molecule has 0 aliphatic heterocycles. The largest absolute Gasteiger partial charge is 0.367 e. The van der Waals surface area contributed by atoms with Crippen LogP contribution in [0.4, 0.5) is 0 Å². The third kappa shape index (κ3) is 2.98. The lowest BCUT2D eigenvalue weighted by Crippen LogP contribution is -2.06. The first kappa shape index (κ1) is 13.2. The summed E-state index contributed by atoms with van der Waals surface area (Å²) in [5.41, 5.74) is 2.32. The number of thiazole rings is 1. The molecule has 0 aliphatic carbocycles. The number of rotatable bonds is 5. The molecule has 2 aromatic rings. The zero-order valence-corrected chi connectivity index (χ0v) is 11.9. The fraction of sp³-hybridized carbons (Fsp3) is 0.400. The summed E-state index contributed by atoms with van der Waals surface area (Å²) in [6, 6.07) is 10.3. The smallest absolute Gasteiger partial charge is 0.134 e. The maximum absolute atomic E-state index is 5.86. The van der Waals surface area contributed by atoms with Gasteiger partial charge in [0.15, 0.2) is 0 Å². The van der Waals surface area contributed by atoms with Crippen molar-refractivity contribution in [3.8, 4) is 0 Å². The summed E-state index contributed by atoms with van der Waals surface area (Å²) >= 11 is 1.68. The molecular formula is C15H19NOS. The molecule has 0 saturated carbocycles. The Balaban J connectivity index is 2.29. The Bertz CT molecular complexity index is 478. The van der Waals surface area contributed by atoms with Crippen LogP contribution in [0.15, 0.2) is 35.7 Å². The molecule has 2 nitrogen and oxygen atoms in total. The summed E-state index contributed by atoms with van der Waals surface area (Å²) in [4.78, 5) is 4.70. The van der Waals surface area contributed by atoms with Crippen LogP contribution in [0.3, 0.4) is 0 Å². The van der Waals surface area contributed by atoms with Crippen LogP contribution in [0.25, 0.3) is 0 Å². The number of benzene rings is 1. The van der Waals surface area contributed by atoms with Crippen LogP contribution in [-0.4, -0.2) is 11.6 Å². The van der Waals surface area contributed by atoms with Gasteiger partial charge < -0.3 is 4.74 Å². The second-order valence-corrected chi connectivity index (χ2v) is 5.40. The lowest BCUT2D eigenvalue weighted by Gasteiger charge is -2.14. The Morgan fingerprint density at radius 2 is 1.94 bits per heavy atom. The van der Waals surface area contributed by atoms with Gasteiger partial charge in [-0.1, -0.05) is 44.2 Å². The highest BCUT2D eigenvalue weighted by Crippen LogP contribution is 2.30. The predicted molar refractivity (Wildman–Crippen MR) is 76.1 cm³/mol. The average molecular weight is 261 g/mol. The van der Waals surface area contributed by atoms with Crippen molar-refractivity contribution in [2.75, 3.05) is 6.61 Å². The molecule has 0 aliphatic rings. The number of aromatic nitrogens is 1. The zero-order valence-electron chi connectivity index (χ0n) is 11.1. The first-order valence-corrected chi connectivity index (χ1v) is 7.22. The van der Waals surface area contributed by atoms with Crippen molar-refractivity contribution < 1.29 is 4.74 Å². The Morgan fingerprint density at radius 3 is 2.50 bits per heavy atom. The van der Waals surface area contributed by atoms with Gasteiger partial charge in [-0.15, -0.1) is 11.3 Å². The third-order valence-corrected chi connectivity index (χ3v) is 3.70. The molecule has 0 amide bonds. The number of nitrogens with zero attached hydrogens (tertiary/aromatic N) is 1. The van der Waals surface area contributed by atoms with Gasteiger partial charge in [-0.25, -0.2) is 4.98 Å². The lowest BCUT2D eigenvalue weighted by molar-refractivity contribution is 0.0910. The quantitative estimate of drug-likeness (QED) is 0.796. The number of ether oxygens (including phenoxy) is 1. The summed E-state index contributed by atoms with van der Waals surface area (Å²) in [5.74, 6) is 0.466. The van der Waals surface area contributed by atoms with Gasteiger partial charge in [-0.05, 0) is 18.4 Å². The minimum Gasteiger partial charge on any atom is -0.367 e. The Hall–Kier alpha value is -1.19. The second-order valence-electron chi connectivity index (χ2n) is 4.51. The van der Waals surface area contributed by atoms with Gasteiger partial charge in [0.25, 0.3) is 0 Å². The van der Waals surface area contributed by atoms with E-state index < -0.39 is 0 Å². The molecule has 0 fully saturated rings. The lowest BCUT2D eigenvalue weighted by atomic mass is 10.1. The molecular weight excluding hydrogens is 242 g/mol. The Labute approximate surface area is 113 Å². The molecule has 0 N–H and O–H groups in total. The molecule has 1 aromatic heterocycles. The van der Waals surface area contributed by atoms with Crippen LogP contribution >= 0.6 is 11.3 Å². The molecule has 3 heteroatoms. The summed E-state index contributed by atoms with van der Waals surface area (Å²) < 4.78 is 5.86. The maximum Gasteiger partial charge on any atom is 0.134 e. The van der Waals surface area contributed by atoms with E-state index in [4.69, 9.17) is 9.72 Å². The van der Waals surface area contributed by atoms with Gasteiger partial charge in [0, 0.05) is 12.0 Å². The van der Waals surface area contributed by atoms with Crippen molar-refractivity contribution in [1.29, 1.82) is 0 Å². The van der Waals surface area contributed by atoms with Gasteiger partial charge in [0.05, 0.1) is 5.69 Å². The summed E-state index contributed by atoms with van der Waals surface area (Å²) in [6.45, 7) is 7.04. The molecule has 0 saturated heterocycles. The molecule has 18 heavy (non-hydrogen) atoms. The fourth-order valence-electron chi connectivity index (χ4n) is 1.79. The number of hydrogen-bond donors (Lipinski definition) is 0. The summed E-state index contributed by atoms with van der Waals surface area (Å²) in [5, 5.41) is 3.18. The van der Waals surface area contributed by atoms with Crippen LogP contribution in [0.5, 0.6) is 0 Å². The molecule has 2 rings (SSSR count). The number of hydrogen-bond acceptors (Lipinski definition) is 3. The van der Waals surface area contributed by atoms with Crippen LogP contribution in [0.1, 0.15) is 49.1 Å². The minimum absolute atomic E-state index is 0.0336. The van der Waals surface area contributed by atoms with E-state index in [0.717, 1.165) is 10.7 Å². The molecule has 1 unspecified atom stereocenters. The van der Waals surface area contributed by atoms with Crippen molar-refractivity contribution in [1.82, 2.24) is 4.98 Å². The van der Waals surface area contributed by atoms with E-state index in [1.807, 2.05) is 25.1 Å². The van der Waals surface area contributed by atoms with E-state index in [0.29, 0.717) is 12.5 Å². The highest BCUT2D eigenvalue weighted by Gasteiger charge is 2.18. The van der Waals surface area contributed by atoms with E-state index in [1.165, 1.54) is 5.56 Å². The van der Waals surface area contributed by atoms with Crippen molar-refractivity contribution in [2.24, 2.45) is 0 Å². The molecule has 1 heterocycles. The molecule has 0 radical (unpaired) electrons. The summed E-state index contributed by atoms with van der Waals surface area (Å²) in [7, 11) is 0. The Morgan fingerprint density at radius 1 is 1.22 bits per heavy atom. The van der Waals surface area contributed by atoms with Crippen LogP contribution in [0.2, 0.25) is 0 Å². The van der Waals surface area contributed by atoms with Gasteiger partial charge in [0.2, 0.25) is 0 Å².